The fourth-order valence-electron chi connectivity index (χ4n) is 6.84. The summed E-state index contributed by atoms with van der Waals surface area (Å²) in [6.07, 6.45) is 10.0. The average molecular weight is 942 g/mol. The number of alkyl halides is 3. The molecule has 3 aliphatic rings. The third-order valence-corrected chi connectivity index (χ3v) is 11.9. The second-order valence-corrected chi connectivity index (χ2v) is 18.8. The minimum Gasteiger partial charge on any atom is -0.741 e. The summed E-state index contributed by atoms with van der Waals surface area (Å²) >= 11 is 0. The first kappa shape index (κ1) is 56.2. The van der Waals surface area contributed by atoms with E-state index in [1.807, 2.05) is 66.3 Å². The first-order valence-electron chi connectivity index (χ1n) is 19.8. The van der Waals surface area contributed by atoms with Gasteiger partial charge in [0.25, 0.3) is 0 Å². The number of allylic oxidation sites excluding steroid dienone is 5. The third kappa shape index (κ3) is 13.3. The van der Waals surface area contributed by atoms with Crippen molar-refractivity contribution in [3.63, 3.8) is 0 Å². The van der Waals surface area contributed by atoms with Crippen LogP contribution in [0.25, 0.3) is 5.31 Å². The predicted octanol–water partition coefficient (Wildman–Crippen LogP) is 11.3. The number of halogens is 3. The van der Waals surface area contributed by atoms with Gasteiger partial charge in [-0.05, 0) is 71.5 Å². The van der Waals surface area contributed by atoms with Crippen molar-refractivity contribution >= 4 is 40.6 Å². The number of hydrogen-bond acceptors (Lipinski definition) is 7. The number of ketones is 1. The van der Waals surface area contributed by atoms with Crippen LogP contribution in [0.5, 0.6) is 0 Å². The summed E-state index contributed by atoms with van der Waals surface area (Å²) in [6.45, 7) is 28.0. The van der Waals surface area contributed by atoms with Crippen LogP contribution >= 0.6 is 8.03 Å². The van der Waals surface area contributed by atoms with Gasteiger partial charge in [-0.3, -0.25) is 9.36 Å². The molecule has 3 aromatic rings. The van der Waals surface area contributed by atoms with Crippen molar-refractivity contribution < 1.29 is 61.1 Å². The van der Waals surface area contributed by atoms with Gasteiger partial charge >= 0.3 is 22.0 Å². The van der Waals surface area contributed by atoms with Crippen LogP contribution in [0.3, 0.4) is 0 Å². The Kier molecular flexibility index (Phi) is 21.0. The fourth-order valence-corrected chi connectivity index (χ4v) is 8.13. The largest absolute Gasteiger partial charge is 2.00 e. The van der Waals surface area contributed by atoms with Crippen LogP contribution in [0.15, 0.2) is 96.6 Å². The maximum Gasteiger partial charge on any atom is 2.00 e. The van der Waals surface area contributed by atoms with Gasteiger partial charge in [-0.15, -0.1) is 6.58 Å². The minimum atomic E-state index is -6.09. The van der Waals surface area contributed by atoms with Crippen molar-refractivity contribution in [1.29, 1.82) is 0 Å². The van der Waals surface area contributed by atoms with Crippen molar-refractivity contribution in [3.05, 3.63) is 155 Å². The van der Waals surface area contributed by atoms with Crippen LogP contribution in [0.4, 0.5) is 18.9 Å². The molecule has 1 unspecified atom stereocenters. The Morgan fingerprint density at radius 2 is 1.29 bits per heavy atom. The van der Waals surface area contributed by atoms with Crippen molar-refractivity contribution in [2.24, 2.45) is 0 Å². The zero-order valence-electron chi connectivity index (χ0n) is 38.0. The molecule has 0 amide bonds. The van der Waals surface area contributed by atoms with E-state index in [-0.39, 0.29) is 39.7 Å². The molecule has 0 heterocycles. The zero-order valence-corrected chi connectivity index (χ0v) is 40.8. The van der Waals surface area contributed by atoms with Crippen molar-refractivity contribution in [3.8, 4) is 0 Å². The number of aryl methyl sites for hydroxylation is 2. The number of benzene rings is 3. The van der Waals surface area contributed by atoms with Gasteiger partial charge in [0.15, 0.2) is 21.6 Å². The molecule has 8 nitrogen and oxygen atoms in total. The van der Waals surface area contributed by atoms with Gasteiger partial charge in [0.1, 0.15) is 14.1 Å². The number of anilines is 1. The van der Waals surface area contributed by atoms with Crippen molar-refractivity contribution in [2.45, 2.75) is 84.6 Å². The van der Waals surface area contributed by atoms with Crippen molar-refractivity contribution in [2.75, 3.05) is 39.7 Å². The molecule has 62 heavy (non-hydrogen) atoms. The van der Waals surface area contributed by atoms with Crippen LogP contribution in [0.1, 0.15) is 104 Å². The number of fused-ring (bicyclic) bond motifs is 4. The standard InChI is InChI=1S/C22H27NO2P.C19H21NO.2C3H7.CHF3O3S.Ni/c1-7-12-25-26(24)21-17-10-8-15(2)13-19(17)22(3,4)20-14-16(23(5)6)9-11-18(20)21;1-12-6-8-14-16(10-12)19(2,3)17-11-13(20(4)5)7-9-15(17)18(14)21;2*1-3-2;2-1(3,4)8(5,6)7;/h7-11,13-14,26H,1,12H2,2-6H3;6-11H,1-5H3;2*1,3H2,2H3;(H,5,6,7);/q+1;;2*-1;;+2/p-1. The summed E-state index contributed by atoms with van der Waals surface area (Å²) in [5.74, 6) is 0.143. The molecule has 0 radical (unpaired) electrons. The summed E-state index contributed by atoms with van der Waals surface area (Å²) in [7, 11) is -0.353. The zero-order chi connectivity index (χ0) is 46.8. The monoisotopic (exact) mass is 940 g/mol. The molecule has 0 saturated carbocycles. The third-order valence-electron chi connectivity index (χ3n) is 9.93. The molecule has 0 spiro atoms. The summed E-state index contributed by atoms with van der Waals surface area (Å²) < 4.78 is 79.7. The Bertz CT molecular complexity index is 2360. The Morgan fingerprint density at radius 1 is 0.855 bits per heavy atom. The number of carbonyl (C=O) groups is 1. The summed E-state index contributed by atoms with van der Waals surface area (Å²) in [6, 6.07) is 18.7. The predicted molar refractivity (Wildman–Crippen MR) is 245 cm³/mol. The normalized spacial score (nSPS) is 15.5. The van der Waals surface area contributed by atoms with Gasteiger partial charge in [0.05, 0.1) is 6.61 Å². The van der Waals surface area contributed by atoms with Gasteiger partial charge in [0.2, 0.25) is 8.03 Å². The molecule has 3 aromatic carbocycles. The summed E-state index contributed by atoms with van der Waals surface area (Å²) in [4.78, 5) is 14.9. The van der Waals surface area contributed by atoms with Crippen LogP contribution in [0.2, 0.25) is 0 Å². The first-order valence-corrected chi connectivity index (χ1v) is 22.6. The average Bonchev–Trinajstić information content (AvgIpc) is 3.16. The molecule has 342 valence electrons. The molecule has 3 aliphatic carbocycles. The van der Waals surface area contributed by atoms with E-state index < -0.39 is 23.7 Å². The van der Waals surface area contributed by atoms with E-state index in [4.69, 9.17) is 17.5 Å². The van der Waals surface area contributed by atoms with Gasteiger partial charge in [-0.25, -0.2) is 13.0 Å². The van der Waals surface area contributed by atoms with E-state index >= 15 is 0 Å². The SMILES string of the molecule is C=CCO[PH](=O)C1=C2C=CC(=[N+](C)C)C=C2C(C)(C)c2cc(C)ccc21.Cc1ccc2c(c1)C(C)(C)c1cc(N(C)C)ccc1C2=O.O=S(=O)([O-])C(F)(F)F.[CH2-]CC.[CH2-]CC.[Ni+2]. The minimum absolute atomic E-state index is 0. The van der Waals surface area contributed by atoms with Gasteiger partial charge < -0.3 is 27.8 Å². The van der Waals surface area contributed by atoms with E-state index in [0.717, 1.165) is 62.9 Å². The molecule has 6 rings (SSSR count). The van der Waals surface area contributed by atoms with E-state index in [2.05, 4.69) is 120 Å². The smallest absolute Gasteiger partial charge is 0.741 e. The fraction of sp³-hybridized carbons (Fsp3) is 0.375. The Labute approximate surface area is 379 Å². The quantitative estimate of drug-likeness (QED) is 0.0477. The van der Waals surface area contributed by atoms with Crippen LogP contribution in [0, 0.1) is 27.7 Å². The molecule has 0 aromatic heterocycles. The number of hydrogen-bond donors (Lipinski definition) is 0. The molecule has 0 N–H and O–H groups in total. The van der Waals surface area contributed by atoms with Gasteiger partial charge in [-0.1, -0.05) is 95.1 Å². The second-order valence-electron chi connectivity index (χ2n) is 16.1. The molecule has 1 atom stereocenters. The molecule has 0 fully saturated rings. The van der Waals surface area contributed by atoms with E-state index in [0.29, 0.717) is 0 Å². The van der Waals surface area contributed by atoms with E-state index in [1.54, 1.807) is 6.08 Å². The molecule has 0 aliphatic heterocycles. The summed E-state index contributed by atoms with van der Waals surface area (Å²) in [5.41, 5.74) is 7.10. The first-order chi connectivity index (χ1) is 28.2. The van der Waals surface area contributed by atoms with Crippen LogP contribution < -0.4 is 4.90 Å². The molecule has 0 bridgehead atoms. The number of rotatable bonds is 5. The Balaban J connectivity index is 0.000000476. The summed E-state index contributed by atoms with van der Waals surface area (Å²) in [5, 5.41) is 0.825. The second kappa shape index (κ2) is 23.2. The van der Waals surface area contributed by atoms with E-state index in [1.165, 1.54) is 22.3 Å². The number of nitrogens with zero attached hydrogens (tertiary/aromatic N) is 2. The molecular weight excluding hydrogens is 879 g/mol. The molecule has 0 saturated heterocycles. The van der Waals surface area contributed by atoms with Gasteiger partial charge in [-0.2, -0.15) is 26.0 Å². The maximum absolute atomic E-state index is 13.1. The molecule has 14 heteroatoms. The van der Waals surface area contributed by atoms with Crippen LogP contribution in [-0.2, 0) is 46.5 Å². The maximum atomic E-state index is 13.1. The van der Waals surface area contributed by atoms with Crippen LogP contribution in [-0.4, -0.2) is 69.3 Å². The van der Waals surface area contributed by atoms with E-state index in [9.17, 15) is 22.5 Å². The van der Waals surface area contributed by atoms with Gasteiger partial charge in [0, 0.05) is 59.2 Å². The topological polar surface area (TPSA) is 107 Å². The number of carbonyl (C=O) groups excluding carboxylic acids is 1. The Morgan fingerprint density at radius 3 is 1.73 bits per heavy atom. The van der Waals surface area contributed by atoms with Crippen molar-refractivity contribution in [1.82, 2.24) is 0 Å². The Hall–Kier alpha value is -3.86. The molecular formula is C48H62F3N2NiO6PS.